The fraction of sp³-hybridized carbons (Fsp3) is 1.00. The van der Waals surface area contributed by atoms with Crippen molar-refractivity contribution in [1.29, 1.82) is 0 Å². The molecule has 0 aromatic rings. The first-order valence-electron chi connectivity index (χ1n) is 4.28. The van der Waals surface area contributed by atoms with Gasteiger partial charge in [-0.2, -0.15) is 0 Å². The van der Waals surface area contributed by atoms with Gasteiger partial charge in [0.25, 0.3) is 0 Å². The highest BCUT2D eigenvalue weighted by atomic mass is 15.2. The van der Waals surface area contributed by atoms with Crippen LogP contribution in [-0.2, 0) is 0 Å². The van der Waals surface area contributed by atoms with Gasteiger partial charge in [-0.15, -0.1) is 0 Å². The molecular formula is C8H18N2. The Kier molecular flexibility index (Phi) is 3.16. The molecule has 0 aromatic carbocycles. The number of hydrogen-bond donors (Lipinski definition) is 1. The van der Waals surface area contributed by atoms with Gasteiger partial charge in [0.2, 0.25) is 0 Å². The summed E-state index contributed by atoms with van der Waals surface area (Å²) in [6.45, 7) is 9.38. The molecule has 1 atom stereocenters. The third kappa shape index (κ3) is 2.27. The Morgan fingerprint density at radius 1 is 1.60 bits per heavy atom. The molecule has 2 nitrogen and oxygen atoms in total. The molecule has 1 N–H and O–H groups in total. The van der Waals surface area contributed by atoms with Crippen LogP contribution in [0.1, 0.15) is 20.3 Å². The molecule has 0 aliphatic carbocycles. The first-order chi connectivity index (χ1) is 4.83. The van der Waals surface area contributed by atoms with E-state index in [0.717, 1.165) is 0 Å². The minimum absolute atomic E-state index is 0.683. The number of nitrogens with one attached hydrogen (secondary N) is 1. The minimum Gasteiger partial charge on any atom is -0.313 e. The largest absolute Gasteiger partial charge is 0.313 e. The summed E-state index contributed by atoms with van der Waals surface area (Å²) in [5.41, 5.74) is 0. The van der Waals surface area contributed by atoms with E-state index in [2.05, 4.69) is 24.1 Å². The lowest BCUT2D eigenvalue weighted by Crippen LogP contribution is -2.35. The monoisotopic (exact) mass is 142 g/mol. The van der Waals surface area contributed by atoms with E-state index in [4.69, 9.17) is 0 Å². The Hall–Kier alpha value is -0.0800. The molecule has 0 radical (unpaired) electrons. The van der Waals surface area contributed by atoms with Gasteiger partial charge in [0.1, 0.15) is 0 Å². The highest BCUT2D eigenvalue weighted by Crippen LogP contribution is 1.98. The van der Waals surface area contributed by atoms with Crippen LogP contribution in [0.5, 0.6) is 0 Å². The van der Waals surface area contributed by atoms with Crippen LogP contribution in [0.2, 0.25) is 0 Å². The zero-order valence-electron chi connectivity index (χ0n) is 7.06. The van der Waals surface area contributed by atoms with Gasteiger partial charge in [-0.1, -0.05) is 6.92 Å². The minimum atomic E-state index is 0.683. The maximum atomic E-state index is 3.47. The number of hydrogen-bond acceptors (Lipinski definition) is 2. The third-order valence-corrected chi connectivity index (χ3v) is 2.12. The SMILES string of the molecule is CCN1CCCN[C@H](C)C1. The summed E-state index contributed by atoms with van der Waals surface area (Å²) in [5.74, 6) is 0. The van der Waals surface area contributed by atoms with E-state index < -0.39 is 0 Å². The van der Waals surface area contributed by atoms with Crippen molar-refractivity contribution in [3.8, 4) is 0 Å². The van der Waals surface area contributed by atoms with Gasteiger partial charge in [-0.05, 0) is 33.0 Å². The molecular weight excluding hydrogens is 124 g/mol. The Balaban J connectivity index is 2.30. The standard InChI is InChI=1S/C8H18N2/c1-3-10-6-4-5-9-8(2)7-10/h8-9H,3-7H2,1-2H3/t8-/m1/s1. The second-order valence-corrected chi connectivity index (χ2v) is 3.10. The average molecular weight is 142 g/mol. The molecule has 2 heteroatoms. The topological polar surface area (TPSA) is 15.3 Å². The molecule has 1 aliphatic heterocycles. The Bertz CT molecular complexity index is 93.3. The maximum Gasteiger partial charge on any atom is 0.0166 e. The van der Waals surface area contributed by atoms with Gasteiger partial charge < -0.3 is 10.2 Å². The first kappa shape index (κ1) is 8.02. The Labute approximate surface area is 63.6 Å². The quantitative estimate of drug-likeness (QED) is 0.579. The third-order valence-electron chi connectivity index (χ3n) is 2.12. The van der Waals surface area contributed by atoms with E-state index >= 15 is 0 Å². The summed E-state index contributed by atoms with van der Waals surface area (Å²) in [5, 5.41) is 3.47. The van der Waals surface area contributed by atoms with E-state index in [1.54, 1.807) is 0 Å². The maximum absolute atomic E-state index is 3.47. The molecule has 60 valence electrons. The molecule has 1 heterocycles. The summed E-state index contributed by atoms with van der Waals surface area (Å²) in [6.07, 6.45) is 1.30. The summed E-state index contributed by atoms with van der Waals surface area (Å²) in [7, 11) is 0. The van der Waals surface area contributed by atoms with Crippen LogP contribution in [0.25, 0.3) is 0 Å². The number of nitrogens with zero attached hydrogens (tertiary/aromatic N) is 1. The van der Waals surface area contributed by atoms with Gasteiger partial charge >= 0.3 is 0 Å². The molecule has 1 rings (SSSR count). The van der Waals surface area contributed by atoms with E-state index in [-0.39, 0.29) is 0 Å². The summed E-state index contributed by atoms with van der Waals surface area (Å²) in [6, 6.07) is 0.683. The second-order valence-electron chi connectivity index (χ2n) is 3.10. The molecule has 0 amide bonds. The molecule has 1 saturated heterocycles. The van der Waals surface area contributed by atoms with E-state index in [9.17, 15) is 0 Å². The van der Waals surface area contributed by atoms with Gasteiger partial charge in [0.05, 0.1) is 0 Å². The van der Waals surface area contributed by atoms with E-state index in [1.807, 2.05) is 0 Å². The van der Waals surface area contributed by atoms with Crippen molar-refractivity contribution < 1.29 is 0 Å². The lowest BCUT2D eigenvalue weighted by Gasteiger charge is -2.19. The van der Waals surface area contributed by atoms with Crippen molar-refractivity contribution in [3.05, 3.63) is 0 Å². The molecule has 0 bridgehead atoms. The van der Waals surface area contributed by atoms with Crippen LogP contribution < -0.4 is 5.32 Å². The molecule has 0 spiro atoms. The molecule has 0 unspecified atom stereocenters. The predicted molar refractivity (Wildman–Crippen MR) is 44.2 cm³/mol. The lowest BCUT2D eigenvalue weighted by atomic mass is 10.3. The fourth-order valence-electron chi connectivity index (χ4n) is 1.48. The molecule has 1 aliphatic rings. The van der Waals surface area contributed by atoms with E-state index in [0.29, 0.717) is 6.04 Å². The van der Waals surface area contributed by atoms with Crippen LogP contribution in [0.4, 0.5) is 0 Å². The number of likely N-dealkylation sites (N-methyl/N-ethyl adjacent to an activating group) is 1. The molecule has 0 aromatic heterocycles. The summed E-state index contributed by atoms with van der Waals surface area (Å²) < 4.78 is 0. The summed E-state index contributed by atoms with van der Waals surface area (Å²) in [4.78, 5) is 2.50. The Morgan fingerprint density at radius 2 is 2.40 bits per heavy atom. The summed E-state index contributed by atoms with van der Waals surface area (Å²) >= 11 is 0. The highest BCUT2D eigenvalue weighted by molar-refractivity contribution is 4.71. The lowest BCUT2D eigenvalue weighted by molar-refractivity contribution is 0.287. The van der Waals surface area contributed by atoms with E-state index in [1.165, 1.54) is 32.6 Å². The fourth-order valence-corrected chi connectivity index (χ4v) is 1.48. The zero-order chi connectivity index (χ0) is 7.40. The number of rotatable bonds is 1. The smallest absolute Gasteiger partial charge is 0.0166 e. The van der Waals surface area contributed by atoms with Crippen molar-refractivity contribution in [2.45, 2.75) is 26.3 Å². The second kappa shape index (κ2) is 3.94. The Morgan fingerprint density at radius 3 is 3.10 bits per heavy atom. The first-order valence-corrected chi connectivity index (χ1v) is 4.28. The van der Waals surface area contributed by atoms with Crippen molar-refractivity contribution in [2.24, 2.45) is 0 Å². The predicted octanol–water partition coefficient (Wildman–Crippen LogP) is 0.690. The van der Waals surface area contributed by atoms with Crippen molar-refractivity contribution in [2.75, 3.05) is 26.2 Å². The molecule has 10 heavy (non-hydrogen) atoms. The zero-order valence-corrected chi connectivity index (χ0v) is 7.06. The van der Waals surface area contributed by atoms with Gasteiger partial charge in [0.15, 0.2) is 0 Å². The van der Waals surface area contributed by atoms with Crippen LogP contribution in [-0.4, -0.2) is 37.1 Å². The van der Waals surface area contributed by atoms with Crippen molar-refractivity contribution in [3.63, 3.8) is 0 Å². The van der Waals surface area contributed by atoms with Gasteiger partial charge in [-0.3, -0.25) is 0 Å². The van der Waals surface area contributed by atoms with Crippen LogP contribution >= 0.6 is 0 Å². The van der Waals surface area contributed by atoms with Gasteiger partial charge in [0, 0.05) is 12.6 Å². The molecule has 0 saturated carbocycles. The highest BCUT2D eigenvalue weighted by Gasteiger charge is 2.10. The van der Waals surface area contributed by atoms with Crippen LogP contribution in [0, 0.1) is 0 Å². The van der Waals surface area contributed by atoms with Crippen LogP contribution in [0.15, 0.2) is 0 Å². The van der Waals surface area contributed by atoms with Crippen molar-refractivity contribution >= 4 is 0 Å². The normalized spacial score (nSPS) is 30.0. The average Bonchev–Trinajstić information content (AvgIpc) is 2.13. The molecule has 1 fully saturated rings. The van der Waals surface area contributed by atoms with Gasteiger partial charge in [-0.25, -0.2) is 0 Å². The van der Waals surface area contributed by atoms with Crippen molar-refractivity contribution in [1.82, 2.24) is 10.2 Å². The van der Waals surface area contributed by atoms with Crippen LogP contribution in [0.3, 0.4) is 0 Å².